The van der Waals surface area contributed by atoms with Crippen LogP contribution in [0.2, 0.25) is 0 Å². The summed E-state index contributed by atoms with van der Waals surface area (Å²) in [6.45, 7) is 4.56. The number of hydrogen-bond donors (Lipinski definition) is 4. The number of unbranched alkanes of at least 4 members (excludes halogenated alkanes) is 29. The van der Waals surface area contributed by atoms with Gasteiger partial charge < -0.3 is 39.4 Å². The Hall–Kier alpha value is -1.33. The van der Waals surface area contributed by atoms with Crippen LogP contribution in [-0.4, -0.2) is 89.6 Å². The Morgan fingerprint density at radius 2 is 0.967 bits per heavy atom. The molecule has 4 N–H and O–H groups in total. The van der Waals surface area contributed by atoms with Gasteiger partial charge >= 0.3 is 5.97 Å². The molecule has 1 aliphatic heterocycles. The van der Waals surface area contributed by atoms with Crippen LogP contribution in [0.25, 0.3) is 0 Å². The lowest BCUT2D eigenvalue weighted by molar-refractivity contribution is -0.305. The summed E-state index contributed by atoms with van der Waals surface area (Å²) in [5, 5.41) is 40.2. The Morgan fingerprint density at radius 3 is 1.47 bits per heavy atom. The smallest absolute Gasteiger partial charge is 0.306 e. The number of hydrogen-bond acceptors (Lipinski definition) is 9. The Labute approximate surface area is 368 Å². The highest BCUT2D eigenvalue weighted by atomic mass is 16.7. The van der Waals surface area contributed by atoms with Crippen molar-refractivity contribution < 1.29 is 44.2 Å². The van der Waals surface area contributed by atoms with Crippen LogP contribution >= 0.6 is 0 Å². The number of aliphatic hydroxyl groups excluding tert-OH is 4. The summed E-state index contributed by atoms with van der Waals surface area (Å²) in [6.07, 6.45) is 43.5. The van der Waals surface area contributed by atoms with Crippen LogP contribution in [0, 0.1) is 0 Å². The number of esters is 1. The molecule has 1 rings (SSSR count). The van der Waals surface area contributed by atoms with Crippen LogP contribution in [0.15, 0.2) is 24.3 Å². The molecule has 0 aromatic carbocycles. The van der Waals surface area contributed by atoms with Gasteiger partial charge in [-0.25, -0.2) is 0 Å². The molecule has 354 valence electrons. The van der Waals surface area contributed by atoms with Gasteiger partial charge in [-0.2, -0.15) is 0 Å². The molecule has 60 heavy (non-hydrogen) atoms. The van der Waals surface area contributed by atoms with Gasteiger partial charge in [0, 0.05) is 13.0 Å². The molecule has 1 heterocycles. The van der Waals surface area contributed by atoms with Crippen molar-refractivity contribution in [1.29, 1.82) is 0 Å². The molecule has 1 fully saturated rings. The maximum absolute atomic E-state index is 12.8. The third-order valence-electron chi connectivity index (χ3n) is 11.9. The van der Waals surface area contributed by atoms with Gasteiger partial charge in [-0.05, 0) is 44.9 Å². The molecule has 0 saturated carbocycles. The maximum Gasteiger partial charge on any atom is 0.306 e. The predicted octanol–water partition coefficient (Wildman–Crippen LogP) is 12.1. The van der Waals surface area contributed by atoms with E-state index in [1.807, 2.05) is 0 Å². The SMILES string of the molecule is CCCCC/C=C\C/C=C\CCCCCCCCCCOCC(COC1OC(CO)C(O)C(O)C1O)OC(=O)CCCCCCCCCCCCCCCCCCCCC. The van der Waals surface area contributed by atoms with E-state index in [0.717, 1.165) is 38.5 Å². The monoisotopic (exact) mass is 853 g/mol. The Balaban J connectivity index is 2.20. The third-order valence-corrected chi connectivity index (χ3v) is 11.9. The fourth-order valence-electron chi connectivity index (χ4n) is 7.88. The number of allylic oxidation sites excluding steroid dienone is 4. The lowest BCUT2D eigenvalue weighted by Crippen LogP contribution is -2.59. The molecule has 0 amide bonds. The summed E-state index contributed by atoms with van der Waals surface area (Å²) in [4.78, 5) is 12.8. The van der Waals surface area contributed by atoms with Crippen molar-refractivity contribution in [1.82, 2.24) is 0 Å². The first-order chi connectivity index (χ1) is 29.4. The lowest BCUT2D eigenvalue weighted by atomic mass is 9.99. The van der Waals surface area contributed by atoms with E-state index in [0.29, 0.717) is 13.0 Å². The van der Waals surface area contributed by atoms with Crippen LogP contribution in [0.1, 0.15) is 232 Å². The van der Waals surface area contributed by atoms with Gasteiger partial charge in [-0.1, -0.05) is 205 Å². The summed E-state index contributed by atoms with van der Waals surface area (Å²) < 4.78 is 22.9. The fourth-order valence-corrected chi connectivity index (χ4v) is 7.88. The van der Waals surface area contributed by atoms with E-state index in [-0.39, 0.29) is 19.2 Å². The highest BCUT2D eigenvalue weighted by Crippen LogP contribution is 2.23. The van der Waals surface area contributed by atoms with Gasteiger partial charge in [-0.3, -0.25) is 4.79 Å². The molecule has 0 aromatic rings. The third kappa shape index (κ3) is 33.3. The largest absolute Gasteiger partial charge is 0.457 e. The Kier molecular flexibility index (Phi) is 40.6. The van der Waals surface area contributed by atoms with Gasteiger partial charge in [-0.15, -0.1) is 0 Å². The fraction of sp³-hybridized carbons (Fsp3) is 0.902. The molecule has 6 unspecified atom stereocenters. The standard InChI is InChI=1S/C51H96O9/c1-3-5-7-9-11-13-15-17-19-21-23-24-26-28-30-32-34-36-38-40-47(53)59-45(44-58-51-50(56)49(55)48(54)46(42-52)60-51)43-57-41-39-37-35-33-31-29-27-25-22-20-18-16-14-12-10-8-6-4-2/h12,14,18,20,45-46,48-52,54-56H,3-11,13,15-17,19,21-44H2,1-2H3/b14-12-,20-18-. The van der Waals surface area contributed by atoms with Gasteiger partial charge in [0.15, 0.2) is 6.29 Å². The van der Waals surface area contributed by atoms with E-state index in [4.69, 9.17) is 18.9 Å². The first-order valence-electron chi connectivity index (χ1n) is 25.4. The van der Waals surface area contributed by atoms with Gasteiger partial charge in [0.05, 0.1) is 19.8 Å². The van der Waals surface area contributed by atoms with Crippen molar-refractivity contribution >= 4 is 5.97 Å². The summed E-state index contributed by atoms with van der Waals surface area (Å²) in [6, 6.07) is 0. The van der Waals surface area contributed by atoms with Crippen LogP contribution < -0.4 is 0 Å². The highest BCUT2D eigenvalue weighted by molar-refractivity contribution is 5.69. The zero-order valence-corrected chi connectivity index (χ0v) is 39.0. The molecule has 0 spiro atoms. The van der Waals surface area contributed by atoms with Gasteiger partial charge in [0.25, 0.3) is 0 Å². The molecule has 0 aliphatic carbocycles. The molecule has 1 aliphatic rings. The van der Waals surface area contributed by atoms with Crippen LogP contribution in [-0.2, 0) is 23.7 Å². The zero-order chi connectivity index (χ0) is 43.6. The molecule has 0 radical (unpaired) electrons. The lowest BCUT2D eigenvalue weighted by Gasteiger charge is -2.39. The minimum atomic E-state index is -1.54. The zero-order valence-electron chi connectivity index (χ0n) is 39.0. The summed E-state index contributed by atoms with van der Waals surface area (Å²) >= 11 is 0. The summed E-state index contributed by atoms with van der Waals surface area (Å²) in [5.74, 6) is -0.311. The maximum atomic E-state index is 12.8. The molecule has 9 nitrogen and oxygen atoms in total. The molecule has 0 bridgehead atoms. The first-order valence-corrected chi connectivity index (χ1v) is 25.4. The number of rotatable bonds is 44. The van der Waals surface area contributed by atoms with E-state index in [9.17, 15) is 25.2 Å². The highest BCUT2D eigenvalue weighted by Gasteiger charge is 2.44. The number of carbonyl (C=O) groups is 1. The number of ether oxygens (including phenoxy) is 4. The van der Waals surface area contributed by atoms with E-state index < -0.39 is 43.4 Å². The molecular weight excluding hydrogens is 757 g/mol. The minimum absolute atomic E-state index is 0.112. The quantitative estimate of drug-likeness (QED) is 0.0268. The molecule has 1 saturated heterocycles. The molecule has 6 atom stereocenters. The van der Waals surface area contributed by atoms with Crippen molar-refractivity contribution in [3.8, 4) is 0 Å². The minimum Gasteiger partial charge on any atom is -0.457 e. The second-order valence-electron chi connectivity index (χ2n) is 17.6. The van der Waals surface area contributed by atoms with Crippen LogP contribution in [0.4, 0.5) is 0 Å². The van der Waals surface area contributed by atoms with Gasteiger partial charge in [0.1, 0.15) is 30.5 Å². The Morgan fingerprint density at radius 1 is 0.533 bits per heavy atom. The van der Waals surface area contributed by atoms with Crippen molar-refractivity contribution in [2.75, 3.05) is 26.4 Å². The van der Waals surface area contributed by atoms with Crippen molar-refractivity contribution in [3.05, 3.63) is 24.3 Å². The van der Waals surface area contributed by atoms with E-state index in [2.05, 4.69) is 38.2 Å². The predicted molar refractivity (Wildman–Crippen MR) is 247 cm³/mol. The average Bonchev–Trinajstić information content (AvgIpc) is 3.25. The van der Waals surface area contributed by atoms with E-state index >= 15 is 0 Å². The molecule has 0 aromatic heterocycles. The van der Waals surface area contributed by atoms with Crippen molar-refractivity contribution in [3.63, 3.8) is 0 Å². The van der Waals surface area contributed by atoms with Crippen molar-refractivity contribution in [2.24, 2.45) is 0 Å². The Bertz CT molecular complexity index is 972. The number of carbonyl (C=O) groups excluding carboxylic acids is 1. The molecule has 9 heteroatoms. The number of aliphatic hydroxyl groups is 4. The van der Waals surface area contributed by atoms with Crippen molar-refractivity contribution in [2.45, 2.75) is 269 Å². The topological polar surface area (TPSA) is 135 Å². The summed E-state index contributed by atoms with van der Waals surface area (Å²) in [7, 11) is 0. The second-order valence-corrected chi connectivity index (χ2v) is 17.6. The van der Waals surface area contributed by atoms with Crippen LogP contribution in [0.5, 0.6) is 0 Å². The summed E-state index contributed by atoms with van der Waals surface area (Å²) in [5.41, 5.74) is 0. The normalized spacial score (nSPS) is 20.1. The first kappa shape index (κ1) is 56.7. The average molecular weight is 853 g/mol. The van der Waals surface area contributed by atoms with E-state index in [1.165, 1.54) is 173 Å². The van der Waals surface area contributed by atoms with Gasteiger partial charge in [0.2, 0.25) is 0 Å². The van der Waals surface area contributed by atoms with E-state index in [1.54, 1.807) is 0 Å². The van der Waals surface area contributed by atoms with Crippen LogP contribution in [0.3, 0.4) is 0 Å². The second kappa shape index (κ2) is 42.9. The molecular formula is C51H96O9.